The second-order valence-corrected chi connectivity index (χ2v) is 4.38. The third-order valence-electron chi connectivity index (χ3n) is 2.47. The van der Waals surface area contributed by atoms with Crippen molar-refractivity contribution in [3.05, 3.63) is 46.9 Å². The van der Waals surface area contributed by atoms with Crippen molar-refractivity contribution in [1.29, 1.82) is 0 Å². The minimum atomic E-state index is -1.28. The quantitative estimate of drug-likeness (QED) is 0.496. The first-order chi connectivity index (χ1) is 9.79. The van der Waals surface area contributed by atoms with Gasteiger partial charge < -0.3 is 10.5 Å². The topological polar surface area (TPSA) is 69.4 Å². The molecule has 1 aromatic rings. The number of halogens is 3. The molecule has 0 bridgehead atoms. The Morgan fingerprint density at radius 2 is 1.81 bits per heavy atom. The van der Waals surface area contributed by atoms with Gasteiger partial charge in [-0.15, -0.1) is 0 Å². The molecule has 4 nitrogen and oxygen atoms in total. The van der Waals surface area contributed by atoms with Crippen molar-refractivity contribution in [2.24, 2.45) is 5.73 Å². The summed E-state index contributed by atoms with van der Waals surface area (Å²) in [5.74, 6) is -4.41. The molecular weight excluding hydrogens is 287 g/mol. The van der Waals surface area contributed by atoms with Crippen molar-refractivity contribution >= 4 is 11.8 Å². The molecule has 0 aliphatic heterocycles. The molecule has 0 fully saturated rings. The largest absolute Gasteiger partial charge is 0.461 e. The molecule has 0 aliphatic rings. The summed E-state index contributed by atoms with van der Waals surface area (Å²) in [6.07, 6.45) is 0.789. The highest BCUT2D eigenvalue weighted by atomic mass is 19.2. The van der Waals surface area contributed by atoms with Gasteiger partial charge in [0.15, 0.2) is 11.6 Å². The maximum atomic E-state index is 13.4. The molecule has 7 heteroatoms. The fourth-order valence-electron chi connectivity index (χ4n) is 1.49. The van der Waals surface area contributed by atoms with Gasteiger partial charge in [-0.2, -0.15) is 0 Å². The molecular formula is C14H14F3NO3. The summed E-state index contributed by atoms with van der Waals surface area (Å²) in [4.78, 5) is 21.7. The van der Waals surface area contributed by atoms with Crippen LogP contribution in [0.25, 0.3) is 0 Å². The van der Waals surface area contributed by atoms with Gasteiger partial charge in [0, 0.05) is 18.2 Å². The van der Waals surface area contributed by atoms with Gasteiger partial charge >= 0.3 is 5.97 Å². The number of hydrogen-bond donors (Lipinski definition) is 1. The van der Waals surface area contributed by atoms with Crippen LogP contribution in [-0.4, -0.2) is 18.4 Å². The molecule has 1 aromatic carbocycles. The van der Waals surface area contributed by atoms with Gasteiger partial charge in [0.2, 0.25) is 0 Å². The molecule has 0 aromatic heterocycles. The average molecular weight is 301 g/mol. The first-order valence-corrected chi connectivity index (χ1v) is 6.02. The van der Waals surface area contributed by atoms with E-state index in [0.29, 0.717) is 12.1 Å². The maximum Gasteiger partial charge on any atom is 0.313 e. The summed E-state index contributed by atoms with van der Waals surface area (Å²) < 4.78 is 43.8. The van der Waals surface area contributed by atoms with Crippen LogP contribution in [-0.2, 0) is 20.7 Å². The number of allylic oxidation sites excluding steroid dienone is 1. The number of ketones is 1. The van der Waals surface area contributed by atoms with Crippen LogP contribution >= 0.6 is 0 Å². The number of carbonyl (C=O) groups excluding carboxylic acids is 2. The fourth-order valence-corrected chi connectivity index (χ4v) is 1.49. The van der Waals surface area contributed by atoms with Crippen LogP contribution in [0.4, 0.5) is 13.2 Å². The predicted molar refractivity (Wildman–Crippen MR) is 68.5 cm³/mol. The van der Waals surface area contributed by atoms with E-state index in [1.54, 1.807) is 0 Å². The van der Waals surface area contributed by atoms with E-state index in [1.165, 1.54) is 13.0 Å². The van der Waals surface area contributed by atoms with E-state index in [4.69, 9.17) is 10.5 Å². The smallest absolute Gasteiger partial charge is 0.313 e. The van der Waals surface area contributed by atoms with Gasteiger partial charge in [-0.05, 0) is 24.6 Å². The minimum Gasteiger partial charge on any atom is -0.461 e. The van der Waals surface area contributed by atoms with E-state index in [2.05, 4.69) is 0 Å². The van der Waals surface area contributed by atoms with Crippen LogP contribution in [0.2, 0.25) is 0 Å². The molecule has 0 heterocycles. The Hall–Kier alpha value is -2.31. The third kappa shape index (κ3) is 5.68. The lowest BCUT2D eigenvalue weighted by Gasteiger charge is -2.05. The Morgan fingerprint density at radius 1 is 1.19 bits per heavy atom. The Balaban J connectivity index is 2.59. The van der Waals surface area contributed by atoms with Crippen molar-refractivity contribution in [1.82, 2.24) is 0 Å². The number of Topliss-reactive ketones (excluding diaryl/α,β-unsaturated/α-hetero) is 1. The van der Waals surface area contributed by atoms with Crippen molar-refractivity contribution in [2.75, 3.05) is 6.61 Å². The molecule has 0 atom stereocenters. The molecule has 1 rings (SSSR count). The molecule has 0 amide bonds. The number of carbonyl (C=O) groups is 2. The van der Waals surface area contributed by atoms with Gasteiger partial charge in [-0.1, -0.05) is 0 Å². The summed E-state index contributed by atoms with van der Waals surface area (Å²) in [5, 5.41) is 0. The standard InChI is InChI=1S/C14H14F3NO3/c1-8(19)4-14(20)21-3-2-10(18)5-9-6-12(16)13(17)7-11(9)15/h2,6-7H,3-5,18H2,1H3. The lowest BCUT2D eigenvalue weighted by atomic mass is 10.1. The molecule has 0 saturated heterocycles. The van der Waals surface area contributed by atoms with E-state index < -0.39 is 23.4 Å². The van der Waals surface area contributed by atoms with Gasteiger partial charge in [0.1, 0.15) is 24.6 Å². The SMILES string of the molecule is CC(=O)CC(=O)OCC=C(N)Cc1cc(F)c(F)cc1F. The zero-order valence-electron chi connectivity index (χ0n) is 11.3. The lowest BCUT2D eigenvalue weighted by Crippen LogP contribution is -2.11. The first kappa shape index (κ1) is 16.7. The highest BCUT2D eigenvalue weighted by molar-refractivity contribution is 5.94. The summed E-state index contributed by atoms with van der Waals surface area (Å²) in [5.41, 5.74) is 5.58. The van der Waals surface area contributed by atoms with Crippen molar-refractivity contribution in [3.63, 3.8) is 0 Å². The van der Waals surface area contributed by atoms with Gasteiger partial charge in [0.05, 0.1) is 0 Å². The second-order valence-electron chi connectivity index (χ2n) is 4.38. The third-order valence-corrected chi connectivity index (χ3v) is 2.47. The van der Waals surface area contributed by atoms with Gasteiger partial charge in [0.25, 0.3) is 0 Å². The number of esters is 1. The molecule has 2 N–H and O–H groups in total. The minimum absolute atomic E-state index is 0.113. The van der Waals surface area contributed by atoms with Crippen LogP contribution in [0.1, 0.15) is 18.9 Å². The van der Waals surface area contributed by atoms with E-state index in [-0.39, 0.29) is 36.5 Å². The number of nitrogens with two attached hydrogens (primary N) is 1. The fraction of sp³-hybridized carbons (Fsp3) is 0.286. The van der Waals surface area contributed by atoms with Crippen LogP contribution < -0.4 is 5.73 Å². The monoisotopic (exact) mass is 301 g/mol. The van der Waals surface area contributed by atoms with E-state index in [9.17, 15) is 22.8 Å². The number of benzene rings is 1. The molecule has 0 aliphatic carbocycles. The lowest BCUT2D eigenvalue weighted by molar-refractivity contribution is -0.144. The maximum absolute atomic E-state index is 13.4. The highest BCUT2D eigenvalue weighted by Crippen LogP contribution is 2.15. The van der Waals surface area contributed by atoms with Gasteiger partial charge in [-0.3, -0.25) is 9.59 Å². The molecule has 114 valence electrons. The predicted octanol–water partition coefficient (Wildman–Crippen LogP) is 2.01. The molecule has 0 radical (unpaired) electrons. The summed E-state index contributed by atoms with van der Waals surface area (Å²) >= 11 is 0. The van der Waals surface area contributed by atoms with Crippen molar-refractivity contribution in [2.45, 2.75) is 19.8 Å². The summed E-state index contributed by atoms with van der Waals surface area (Å²) in [6, 6.07) is 1.15. The average Bonchev–Trinajstić information content (AvgIpc) is 2.35. The van der Waals surface area contributed by atoms with Crippen LogP contribution in [0.15, 0.2) is 23.9 Å². The molecule has 21 heavy (non-hydrogen) atoms. The van der Waals surface area contributed by atoms with E-state index >= 15 is 0 Å². The van der Waals surface area contributed by atoms with Crippen LogP contribution in [0.3, 0.4) is 0 Å². The van der Waals surface area contributed by atoms with E-state index in [1.807, 2.05) is 0 Å². The number of hydrogen-bond acceptors (Lipinski definition) is 4. The van der Waals surface area contributed by atoms with Gasteiger partial charge in [-0.25, -0.2) is 13.2 Å². The molecule has 0 spiro atoms. The van der Waals surface area contributed by atoms with Crippen molar-refractivity contribution in [3.8, 4) is 0 Å². The van der Waals surface area contributed by atoms with Crippen LogP contribution in [0.5, 0.6) is 0 Å². The summed E-state index contributed by atoms with van der Waals surface area (Å²) in [6.45, 7) is 1.06. The Morgan fingerprint density at radius 3 is 2.43 bits per heavy atom. The Labute approximate surface area is 119 Å². The number of rotatable bonds is 6. The van der Waals surface area contributed by atoms with Crippen LogP contribution in [0, 0.1) is 17.5 Å². The molecule has 0 unspecified atom stereocenters. The second kappa shape index (κ2) is 7.47. The first-order valence-electron chi connectivity index (χ1n) is 6.02. The zero-order valence-corrected chi connectivity index (χ0v) is 11.3. The molecule has 0 saturated carbocycles. The Kier molecular flexibility index (Phi) is 5.95. The normalized spacial score (nSPS) is 11.3. The highest BCUT2D eigenvalue weighted by Gasteiger charge is 2.10. The van der Waals surface area contributed by atoms with E-state index in [0.717, 1.165) is 0 Å². The zero-order chi connectivity index (χ0) is 16.0. The summed E-state index contributed by atoms with van der Waals surface area (Å²) in [7, 11) is 0. The Bertz CT molecular complexity index is 585. The van der Waals surface area contributed by atoms with Crippen molar-refractivity contribution < 1.29 is 27.5 Å². The number of ether oxygens (including phenoxy) is 1.